The quantitative estimate of drug-likeness (QED) is 0.507. The fourth-order valence-corrected chi connectivity index (χ4v) is 4.08. The third-order valence-electron chi connectivity index (χ3n) is 4.39. The molecule has 0 saturated carbocycles. The highest BCUT2D eigenvalue weighted by molar-refractivity contribution is 7.91. The molecule has 0 spiro atoms. The van der Waals surface area contributed by atoms with Gasteiger partial charge in [0.1, 0.15) is 17.4 Å². The molecule has 0 aliphatic carbocycles. The standard InChI is InChI=1S/C20H15FN4O4S/c1-29-14-7-5-12(6-8-14)20(26)23-19-17-10-16(11-22-18(17)24-25-19)30(27,28)15-4-2-3-13(21)9-15/h2-11H,1H3,(H2,22,23,24,25,26). The second-order valence-corrected chi connectivity index (χ2v) is 8.23. The summed E-state index contributed by atoms with van der Waals surface area (Å²) in [5.41, 5.74) is 0.591. The molecule has 0 aliphatic rings. The number of H-pyrrole nitrogens is 1. The molecule has 2 aromatic carbocycles. The number of anilines is 1. The predicted molar refractivity (Wildman–Crippen MR) is 107 cm³/mol. The first-order valence-corrected chi connectivity index (χ1v) is 10.2. The minimum Gasteiger partial charge on any atom is -0.497 e. The number of methoxy groups -OCH3 is 1. The predicted octanol–water partition coefficient (Wildman–Crippen LogP) is 3.19. The van der Waals surface area contributed by atoms with Crippen molar-refractivity contribution in [2.75, 3.05) is 12.4 Å². The largest absolute Gasteiger partial charge is 0.497 e. The molecule has 1 amide bonds. The minimum absolute atomic E-state index is 0.151. The molecule has 0 bridgehead atoms. The SMILES string of the molecule is COc1ccc(C(=O)Nc2[nH]nc3ncc(S(=O)(=O)c4cccc(F)c4)cc23)cc1. The average Bonchev–Trinajstić information content (AvgIpc) is 3.15. The minimum atomic E-state index is -4.01. The number of nitrogens with zero attached hydrogens (tertiary/aromatic N) is 2. The smallest absolute Gasteiger partial charge is 0.256 e. The normalized spacial score (nSPS) is 11.4. The Kier molecular flexibility index (Phi) is 4.92. The van der Waals surface area contributed by atoms with Gasteiger partial charge in [-0.15, -0.1) is 0 Å². The zero-order chi connectivity index (χ0) is 21.3. The average molecular weight is 426 g/mol. The zero-order valence-corrected chi connectivity index (χ0v) is 16.4. The van der Waals surface area contributed by atoms with E-state index in [1.54, 1.807) is 24.3 Å². The van der Waals surface area contributed by atoms with Crippen LogP contribution in [0, 0.1) is 5.82 Å². The summed E-state index contributed by atoms with van der Waals surface area (Å²) >= 11 is 0. The van der Waals surface area contributed by atoms with Crippen LogP contribution in [0.2, 0.25) is 0 Å². The topological polar surface area (TPSA) is 114 Å². The van der Waals surface area contributed by atoms with E-state index < -0.39 is 21.6 Å². The van der Waals surface area contributed by atoms with Crippen LogP contribution in [0.5, 0.6) is 5.75 Å². The molecule has 0 unspecified atom stereocenters. The van der Waals surface area contributed by atoms with Crippen molar-refractivity contribution < 1.29 is 22.3 Å². The summed E-state index contributed by atoms with van der Waals surface area (Å²) in [6.45, 7) is 0. The molecule has 4 rings (SSSR count). The van der Waals surface area contributed by atoms with Gasteiger partial charge in [-0.3, -0.25) is 9.89 Å². The lowest BCUT2D eigenvalue weighted by Crippen LogP contribution is -2.12. The van der Waals surface area contributed by atoms with E-state index in [4.69, 9.17) is 4.74 Å². The molecular weight excluding hydrogens is 411 g/mol. The number of sulfone groups is 1. The molecule has 30 heavy (non-hydrogen) atoms. The Morgan fingerprint density at radius 2 is 1.87 bits per heavy atom. The van der Waals surface area contributed by atoms with Crippen molar-refractivity contribution in [1.82, 2.24) is 15.2 Å². The number of benzene rings is 2. The fourth-order valence-electron chi connectivity index (χ4n) is 2.82. The fraction of sp³-hybridized carbons (Fsp3) is 0.0500. The van der Waals surface area contributed by atoms with E-state index in [2.05, 4.69) is 20.5 Å². The lowest BCUT2D eigenvalue weighted by molar-refractivity contribution is 0.102. The first-order valence-electron chi connectivity index (χ1n) is 8.68. The number of hydrogen-bond acceptors (Lipinski definition) is 6. The molecule has 2 N–H and O–H groups in total. The summed E-state index contributed by atoms with van der Waals surface area (Å²) in [4.78, 5) is 16.2. The lowest BCUT2D eigenvalue weighted by atomic mass is 10.2. The van der Waals surface area contributed by atoms with E-state index in [0.717, 1.165) is 18.3 Å². The van der Waals surface area contributed by atoms with Crippen molar-refractivity contribution in [3.8, 4) is 5.75 Å². The third kappa shape index (κ3) is 3.60. The van der Waals surface area contributed by atoms with Gasteiger partial charge in [-0.25, -0.2) is 17.8 Å². The van der Waals surface area contributed by atoms with E-state index >= 15 is 0 Å². The van der Waals surface area contributed by atoms with Crippen molar-refractivity contribution in [2.45, 2.75) is 9.79 Å². The van der Waals surface area contributed by atoms with Crippen molar-refractivity contribution >= 4 is 32.6 Å². The number of aromatic nitrogens is 3. The number of pyridine rings is 1. The zero-order valence-electron chi connectivity index (χ0n) is 15.6. The first-order chi connectivity index (χ1) is 14.4. The van der Waals surface area contributed by atoms with Gasteiger partial charge >= 0.3 is 0 Å². The molecule has 8 nitrogen and oxygen atoms in total. The van der Waals surface area contributed by atoms with Gasteiger partial charge in [-0.1, -0.05) is 6.07 Å². The van der Waals surface area contributed by atoms with Crippen molar-refractivity contribution in [2.24, 2.45) is 0 Å². The molecule has 2 heterocycles. The number of halogens is 1. The molecule has 0 atom stereocenters. The number of carbonyl (C=O) groups is 1. The van der Waals surface area contributed by atoms with Crippen LogP contribution in [0.15, 0.2) is 70.6 Å². The summed E-state index contributed by atoms with van der Waals surface area (Å²) < 4.78 is 44.2. The Morgan fingerprint density at radius 1 is 1.10 bits per heavy atom. The van der Waals surface area contributed by atoms with Crippen LogP contribution in [-0.4, -0.2) is 36.6 Å². The highest BCUT2D eigenvalue weighted by Gasteiger charge is 2.21. The first kappa shape index (κ1) is 19.5. The molecule has 4 aromatic rings. The van der Waals surface area contributed by atoms with Crippen LogP contribution >= 0.6 is 0 Å². The highest BCUT2D eigenvalue weighted by atomic mass is 32.2. The van der Waals surface area contributed by atoms with Gasteiger partial charge in [0.25, 0.3) is 5.91 Å². The lowest BCUT2D eigenvalue weighted by Gasteiger charge is -2.06. The summed E-state index contributed by atoms with van der Waals surface area (Å²) in [7, 11) is -2.48. The van der Waals surface area contributed by atoms with Crippen LogP contribution < -0.4 is 10.1 Å². The second kappa shape index (κ2) is 7.56. The molecule has 0 saturated heterocycles. The number of aromatic amines is 1. The molecular formula is C20H15FN4O4S. The summed E-state index contributed by atoms with van der Waals surface area (Å²) in [6, 6.07) is 12.5. The van der Waals surface area contributed by atoms with Crippen LogP contribution in [0.3, 0.4) is 0 Å². The number of amides is 1. The second-order valence-electron chi connectivity index (χ2n) is 6.28. The number of hydrogen-bond donors (Lipinski definition) is 2. The maximum absolute atomic E-state index is 13.5. The molecule has 0 aliphatic heterocycles. The van der Waals surface area contributed by atoms with Gasteiger partial charge in [-0.05, 0) is 48.5 Å². The number of ether oxygens (including phenoxy) is 1. The van der Waals surface area contributed by atoms with Gasteiger partial charge in [0.15, 0.2) is 5.65 Å². The Morgan fingerprint density at radius 3 is 2.57 bits per heavy atom. The van der Waals surface area contributed by atoms with Gasteiger partial charge in [0.2, 0.25) is 9.84 Å². The van der Waals surface area contributed by atoms with E-state index in [9.17, 15) is 17.6 Å². The molecule has 2 aromatic heterocycles. The van der Waals surface area contributed by atoms with Gasteiger partial charge in [0, 0.05) is 11.8 Å². The van der Waals surface area contributed by atoms with Gasteiger partial charge < -0.3 is 10.1 Å². The van der Waals surface area contributed by atoms with Crippen molar-refractivity contribution in [1.29, 1.82) is 0 Å². The Labute approximate surface area is 170 Å². The highest BCUT2D eigenvalue weighted by Crippen LogP contribution is 2.26. The van der Waals surface area contributed by atoms with E-state index in [1.165, 1.54) is 25.3 Å². The van der Waals surface area contributed by atoms with Crippen LogP contribution in [0.4, 0.5) is 10.2 Å². The number of nitrogens with one attached hydrogen (secondary N) is 2. The summed E-state index contributed by atoms with van der Waals surface area (Å²) in [5, 5.41) is 9.57. The number of carbonyl (C=O) groups excluding carboxylic acids is 1. The van der Waals surface area contributed by atoms with E-state index in [0.29, 0.717) is 16.7 Å². The third-order valence-corrected chi connectivity index (χ3v) is 6.11. The molecule has 10 heteroatoms. The van der Waals surface area contributed by atoms with E-state index in [1.807, 2.05) is 0 Å². The number of fused-ring (bicyclic) bond motifs is 1. The van der Waals surface area contributed by atoms with Crippen LogP contribution in [0.25, 0.3) is 11.0 Å². The molecule has 0 fully saturated rings. The Hall–Kier alpha value is -3.79. The maximum atomic E-state index is 13.5. The van der Waals surface area contributed by atoms with Gasteiger partial charge in [0.05, 0.1) is 22.3 Å². The van der Waals surface area contributed by atoms with Crippen molar-refractivity contribution in [3.63, 3.8) is 0 Å². The summed E-state index contributed by atoms with van der Waals surface area (Å²) in [6.07, 6.45) is 1.14. The monoisotopic (exact) mass is 426 g/mol. The Balaban J connectivity index is 1.68. The van der Waals surface area contributed by atoms with Crippen LogP contribution in [0.1, 0.15) is 10.4 Å². The van der Waals surface area contributed by atoms with E-state index in [-0.39, 0.29) is 21.3 Å². The molecule has 152 valence electrons. The molecule has 0 radical (unpaired) electrons. The maximum Gasteiger partial charge on any atom is 0.256 e. The number of rotatable bonds is 5. The van der Waals surface area contributed by atoms with Crippen LogP contribution in [-0.2, 0) is 9.84 Å². The van der Waals surface area contributed by atoms with Crippen molar-refractivity contribution in [3.05, 3.63) is 72.2 Å². The Bertz CT molecular complexity index is 1350. The van der Waals surface area contributed by atoms with Gasteiger partial charge in [-0.2, -0.15) is 5.10 Å². The summed E-state index contributed by atoms with van der Waals surface area (Å²) in [5.74, 6) is -0.299.